The van der Waals surface area contributed by atoms with Crippen molar-refractivity contribution in [1.29, 1.82) is 0 Å². The van der Waals surface area contributed by atoms with Gasteiger partial charge in [0.25, 0.3) is 0 Å². The van der Waals surface area contributed by atoms with Gasteiger partial charge in [-0.2, -0.15) is 0 Å². The highest BCUT2D eigenvalue weighted by Crippen LogP contribution is 2.18. The molecule has 1 aromatic rings. The van der Waals surface area contributed by atoms with Gasteiger partial charge in [0, 0.05) is 31.9 Å². The van der Waals surface area contributed by atoms with E-state index >= 15 is 0 Å². The number of nitrogens with zero attached hydrogens (tertiary/aromatic N) is 2. The molecule has 4 nitrogen and oxygen atoms in total. The number of hydrogen-bond acceptors (Lipinski definition) is 3. The highest BCUT2D eigenvalue weighted by atomic mass is 16.2. The standard InChI is InChI=1S/C14H20N2O2/c1-5-16(9-14(18)15(3)4)13-7-6-12(10-17)11(2)8-13/h6-8,10H,5,9H2,1-4H3. The monoisotopic (exact) mass is 248 g/mol. The molecule has 98 valence electrons. The lowest BCUT2D eigenvalue weighted by Gasteiger charge is -2.24. The van der Waals surface area contributed by atoms with Crippen LogP contribution in [-0.4, -0.2) is 44.3 Å². The molecule has 0 N–H and O–H groups in total. The van der Waals surface area contributed by atoms with Crippen LogP contribution in [0.15, 0.2) is 18.2 Å². The van der Waals surface area contributed by atoms with Gasteiger partial charge in [-0.25, -0.2) is 0 Å². The first kappa shape index (κ1) is 14.2. The van der Waals surface area contributed by atoms with Gasteiger partial charge in [-0.15, -0.1) is 0 Å². The van der Waals surface area contributed by atoms with Gasteiger partial charge in [0.2, 0.25) is 5.91 Å². The number of benzene rings is 1. The van der Waals surface area contributed by atoms with E-state index < -0.39 is 0 Å². The van der Waals surface area contributed by atoms with E-state index in [0.29, 0.717) is 12.1 Å². The van der Waals surface area contributed by atoms with Crippen molar-refractivity contribution in [1.82, 2.24) is 4.90 Å². The molecule has 18 heavy (non-hydrogen) atoms. The van der Waals surface area contributed by atoms with E-state index in [0.717, 1.165) is 24.1 Å². The summed E-state index contributed by atoms with van der Waals surface area (Å²) in [4.78, 5) is 26.1. The van der Waals surface area contributed by atoms with Crippen LogP contribution >= 0.6 is 0 Å². The van der Waals surface area contributed by atoms with Crippen LogP contribution in [0, 0.1) is 6.92 Å². The Hall–Kier alpha value is -1.84. The second-order valence-electron chi connectivity index (χ2n) is 4.46. The fraction of sp³-hybridized carbons (Fsp3) is 0.429. The molecule has 0 saturated heterocycles. The van der Waals surface area contributed by atoms with Crippen LogP contribution in [0.4, 0.5) is 5.69 Å². The predicted molar refractivity (Wildman–Crippen MR) is 73.1 cm³/mol. The van der Waals surface area contributed by atoms with E-state index in [1.807, 2.05) is 30.9 Å². The van der Waals surface area contributed by atoms with E-state index in [-0.39, 0.29) is 5.91 Å². The van der Waals surface area contributed by atoms with Crippen molar-refractivity contribution in [2.24, 2.45) is 0 Å². The second-order valence-corrected chi connectivity index (χ2v) is 4.46. The summed E-state index contributed by atoms with van der Waals surface area (Å²) in [6.45, 7) is 5.00. The number of rotatable bonds is 5. The third kappa shape index (κ3) is 3.32. The molecule has 1 aromatic carbocycles. The molecule has 0 atom stereocenters. The Labute approximate surface area is 108 Å². The molecule has 0 saturated carbocycles. The average molecular weight is 248 g/mol. The number of likely N-dealkylation sites (N-methyl/N-ethyl adjacent to an activating group) is 2. The first-order chi connectivity index (χ1) is 8.49. The predicted octanol–water partition coefficient (Wildman–Crippen LogP) is 1.72. The third-order valence-corrected chi connectivity index (χ3v) is 2.95. The Morgan fingerprint density at radius 1 is 1.33 bits per heavy atom. The molecule has 0 spiro atoms. The van der Waals surface area contributed by atoms with Crippen LogP contribution < -0.4 is 4.90 Å². The second kappa shape index (κ2) is 6.19. The van der Waals surface area contributed by atoms with Crippen LogP contribution in [0.3, 0.4) is 0 Å². The SMILES string of the molecule is CCN(CC(=O)N(C)C)c1ccc(C=O)c(C)c1. The van der Waals surface area contributed by atoms with Crippen LogP contribution in [0.5, 0.6) is 0 Å². The Bertz CT molecular complexity index is 441. The number of carbonyl (C=O) groups is 2. The van der Waals surface area contributed by atoms with Crippen molar-refractivity contribution >= 4 is 17.9 Å². The smallest absolute Gasteiger partial charge is 0.241 e. The molecule has 0 fully saturated rings. The lowest BCUT2D eigenvalue weighted by molar-refractivity contribution is -0.127. The fourth-order valence-corrected chi connectivity index (χ4v) is 1.68. The summed E-state index contributed by atoms with van der Waals surface area (Å²) in [5.74, 6) is 0.0639. The van der Waals surface area contributed by atoms with Crippen LogP contribution in [0.1, 0.15) is 22.8 Å². The van der Waals surface area contributed by atoms with Crippen LogP contribution in [0.25, 0.3) is 0 Å². The van der Waals surface area contributed by atoms with Crippen molar-refractivity contribution in [3.8, 4) is 0 Å². The minimum absolute atomic E-state index is 0.0639. The third-order valence-electron chi connectivity index (χ3n) is 2.95. The van der Waals surface area contributed by atoms with Gasteiger partial charge in [-0.05, 0) is 37.6 Å². The lowest BCUT2D eigenvalue weighted by Crippen LogP contribution is -2.36. The molecule has 0 unspecified atom stereocenters. The van der Waals surface area contributed by atoms with Gasteiger partial charge in [-0.3, -0.25) is 9.59 Å². The normalized spacial score (nSPS) is 10.0. The molecule has 0 bridgehead atoms. The van der Waals surface area contributed by atoms with E-state index in [1.165, 1.54) is 0 Å². The van der Waals surface area contributed by atoms with Gasteiger partial charge < -0.3 is 9.80 Å². The maximum atomic E-state index is 11.7. The summed E-state index contributed by atoms with van der Waals surface area (Å²) in [6.07, 6.45) is 0.848. The Balaban J connectivity index is 2.92. The summed E-state index contributed by atoms with van der Waals surface area (Å²) in [7, 11) is 3.49. The molecule has 0 aliphatic rings. The number of amides is 1. The van der Waals surface area contributed by atoms with Gasteiger partial charge in [0.05, 0.1) is 6.54 Å². The highest BCUT2D eigenvalue weighted by molar-refractivity contribution is 5.82. The quantitative estimate of drug-likeness (QED) is 0.745. The molecule has 1 amide bonds. The zero-order valence-corrected chi connectivity index (χ0v) is 11.4. The number of aryl methyl sites for hydroxylation is 1. The molecular formula is C14H20N2O2. The molecule has 4 heteroatoms. The summed E-state index contributed by atoms with van der Waals surface area (Å²) in [5, 5.41) is 0. The summed E-state index contributed by atoms with van der Waals surface area (Å²) in [5.41, 5.74) is 2.59. The first-order valence-electron chi connectivity index (χ1n) is 6.00. The molecule has 0 aliphatic carbocycles. The molecule has 0 heterocycles. The van der Waals surface area contributed by atoms with Gasteiger partial charge in [-0.1, -0.05) is 0 Å². The number of aldehydes is 1. The van der Waals surface area contributed by atoms with Crippen LogP contribution in [0.2, 0.25) is 0 Å². The van der Waals surface area contributed by atoms with Gasteiger partial charge in [0.15, 0.2) is 0 Å². The van der Waals surface area contributed by atoms with Crippen molar-refractivity contribution < 1.29 is 9.59 Å². The summed E-state index contributed by atoms with van der Waals surface area (Å²) in [6, 6.07) is 5.61. The van der Waals surface area contributed by atoms with Crippen molar-refractivity contribution in [2.45, 2.75) is 13.8 Å². The Morgan fingerprint density at radius 2 is 2.00 bits per heavy atom. The first-order valence-corrected chi connectivity index (χ1v) is 6.00. The molecule has 1 rings (SSSR count). The molecule has 0 aliphatic heterocycles. The maximum Gasteiger partial charge on any atom is 0.241 e. The molecule has 0 aromatic heterocycles. The fourth-order valence-electron chi connectivity index (χ4n) is 1.68. The minimum Gasteiger partial charge on any atom is -0.362 e. The Kier molecular flexibility index (Phi) is 4.89. The molecular weight excluding hydrogens is 228 g/mol. The van der Waals surface area contributed by atoms with E-state index in [2.05, 4.69) is 0 Å². The van der Waals surface area contributed by atoms with E-state index in [9.17, 15) is 9.59 Å². The summed E-state index contributed by atoms with van der Waals surface area (Å²) >= 11 is 0. The largest absolute Gasteiger partial charge is 0.362 e. The minimum atomic E-state index is 0.0639. The number of hydrogen-bond donors (Lipinski definition) is 0. The average Bonchev–Trinajstić information content (AvgIpc) is 2.35. The number of anilines is 1. The van der Waals surface area contributed by atoms with E-state index in [1.54, 1.807) is 25.1 Å². The number of carbonyl (C=O) groups excluding carboxylic acids is 2. The highest BCUT2D eigenvalue weighted by Gasteiger charge is 2.12. The van der Waals surface area contributed by atoms with Crippen molar-refractivity contribution in [3.63, 3.8) is 0 Å². The zero-order chi connectivity index (χ0) is 13.7. The van der Waals surface area contributed by atoms with Gasteiger partial charge >= 0.3 is 0 Å². The van der Waals surface area contributed by atoms with Crippen molar-refractivity contribution in [2.75, 3.05) is 32.1 Å². The molecule has 0 radical (unpaired) electrons. The lowest BCUT2D eigenvalue weighted by atomic mass is 10.1. The maximum absolute atomic E-state index is 11.7. The van der Waals surface area contributed by atoms with Crippen molar-refractivity contribution in [3.05, 3.63) is 29.3 Å². The summed E-state index contributed by atoms with van der Waals surface area (Å²) < 4.78 is 0. The Morgan fingerprint density at radius 3 is 2.44 bits per heavy atom. The van der Waals surface area contributed by atoms with Crippen LogP contribution in [-0.2, 0) is 4.79 Å². The van der Waals surface area contributed by atoms with E-state index in [4.69, 9.17) is 0 Å². The van der Waals surface area contributed by atoms with Gasteiger partial charge in [0.1, 0.15) is 6.29 Å². The zero-order valence-electron chi connectivity index (χ0n) is 11.4. The topological polar surface area (TPSA) is 40.6 Å².